The van der Waals surface area contributed by atoms with Crippen LogP contribution in [0.15, 0.2) is 23.8 Å². The van der Waals surface area contributed by atoms with Gasteiger partial charge in [0.2, 0.25) is 0 Å². The molecule has 0 bridgehead atoms. The molecule has 11 heavy (non-hydrogen) atoms. The second-order valence-electron chi connectivity index (χ2n) is 2.54. The van der Waals surface area contributed by atoms with Gasteiger partial charge in [-0.2, -0.15) is 0 Å². The Kier molecular flexibility index (Phi) is 3.30. The average molecular weight is 156 g/mol. The van der Waals surface area contributed by atoms with Crippen molar-refractivity contribution in [2.45, 2.75) is 19.4 Å². The van der Waals surface area contributed by atoms with Crippen LogP contribution in [0.2, 0.25) is 0 Å². The van der Waals surface area contributed by atoms with Crippen molar-refractivity contribution in [3.8, 4) is 0 Å². The molecule has 0 aromatic rings. The van der Waals surface area contributed by atoms with Gasteiger partial charge in [0, 0.05) is 13.0 Å². The van der Waals surface area contributed by atoms with E-state index < -0.39 is 0 Å². The number of rotatable bonds is 3. The highest BCUT2D eigenvalue weighted by Gasteiger charge is 2.09. The van der Waals surface area contributed by atoms with E-state index in [4.69, 9.17) is 4.74 Å². The summed E-state index contributed by atoms with van der Waals surface area (Å²) in [6.07, 6.45) is 6.44. The first-order chi connectivity index (χ1) is 5.36. The number of hydrogen-bond acceptors (Lipinski definition) is 1. The van der Waals surface area contributed by atoms with Gasteiger partial charge in [-0.1, -0.05) is 18.2 Å². The Balaban J connectivity index is 2.41. The molecule has 1 nitrogen and oxygen atoms in total. The van der Waals surface area contributed by atoms with Crippen molar-refractivity contribution in [2.24, 2.45) is 0 Å². The molecule has 0 amide bonds. The lowest BCUT2D eigenvalue weighted by molar-refractivity contribution is 0.0947. The molecule has 1 rings (SSSR count). The fourth-order valence-corrected chi connectivity index (χ4v) is 1.14. The number of alkyl halides is 1. The van der Waals surface area contributed by atoms with Crippen LogP contribution in [0.5, 0.6) is 0 Å². The third-order valence-electron chi connectivity index (χ3n) is 1.67. The maximum Gasteiger partial charge on any atom is 0.111 e. The topological polar surface area (TPSA) is 9.23 Å². The number of allylic oxidation sites excluding steroid dienone is 2. The zero-order chi connectivity index (χ0) is 8.10. The minimum atomic E-state index is -0.353. The molecule has 1 atom stereocenters. The molecule has 1 unspecified atom stereocenters. The minimum Gasteiger partial charge on any atom is -0.374 e. The quantitative estimate of drug-likeness (QED) is 0.609. The Morgan fingerprint density at radius 2 is 2.55 bits per heavy atom. The van der Waals surface area contributed by atoms with Crippen LogP contribution in [0, 0.1) is 0 Å². The standard InChI is InChI=1S/C9H13FO/c1-2-11-9-5-3-4-8(6-9)7-10/h3-5,9H,2,6-7H2,1H3. The molecule has 62 valence electrons. The third-order valence-corrected chi connectivity index (χ3v) is 1.67. The van der Waals surface area contributed by atoms with E-state index in [1.54, 1.807) is 0 Å². The SMILES string of the molecule is CCOC1C=CC=C(CF)C1. The van der Waals surface area contributed by atoms with Crippen LogP contribution in [0.25, 0.3) is 0 Å². The smallest absolute Gasteiger partial charge is 0.111 e. The normalized spacial score (nSPS) is 23.5. The van der Waals surface area contributed by atoms with E-state index in [0.717, 1.165) is 5.57 Å². The summed E-state index contributed by atoms with van der Waals surface area (Å²) in [5.74, 6) is 0. The molecular formula is C9H13FO. The third kappa shape index (κ3) is 2.46. The summed E-state index contributed by atoms with van der Waals surface area (Å²) in [4.78, 5) is 0. The summed E-state index contributed by atoms with van der Waals surface area (Å²) in [5, 5.41) is 0. The van der Waals surface area contributed by atoms with Crippen molar-refractivity contribution < 1.29 is 9.13 Å². The van der Waals surface area contributed by atoms with Gasteiger partial charge in [0.25, 0.3) is 0 Å². The zero-order valence-electron chi connectivity index (χ0n) is 6.72. The predicted octanol–water partition coefficient (Wildman–Crippen LogP) is 2.25. The van der Waals surface area contributed by atoms with Crippen molar-refractivity contribution >= 4 is 0 Å². The molecular weight excluding hydrogens is 143 g/mol. The summed E-state index contributed by atoms with van der Waals surface area (Å²) in [6, 6.07) is 0. The molecule has 0 spiro atoms. The molecule has 1 aliphatic rings. The van der Waals surface area contributed by atoms with Crippen molar-refractivity contribution in [2.75, 3.05) is 13.3 Å². The fraction of sp³-hybridized carbons (Fsp3) is 0.556. The van der Waals surface area contributed by atoms with E-state index in [-0.39, 0.29) is 12.8 Å². The number of halogens is 1. The Labute approximate surface area is 66.6 Å². The van der Waals surface area contributed by atoms with E-state index in [1.165, 1.54) is 0 Å². The van der Waals surface area contributed by atoms with Gasteiger partial charge in [-0.05, 0) is 12.5 Å². The first-order valence-electron chi connectivity index (χ1n) is 3.90. The molecule has 0 fully saturated rings. The van der Waals surface area contributed by atoms with E-state index >= 15 is 0 Å². The molecule has 0 aromatic heterocycles. The Morgan fingerprint density at radius 3 is 3.18 bits per heavy atom. The van der Waals surface area contributed by atoms with Gasteiger partial charge in [-0.3, -0.25) is 0 Å². The second kappa shape index (κ2) is 4.29. The van der Waals surface area contributed by atoms with Crippen molar-refractivity contribution in [1.82, 2.24) is 0 Å². The molecule has 2 heteroatoms. The summed E-state index contributed by atoms with van der Waals surface area (Å²) in [7, 11) is 0. The van der Waals surface area contributed by atoms with Gasteiger partial charge in [0.05, 0.1) is 6.10 Å². The number of hydrogen-bond donors (Lipinski definition) is 0. The van der Waals surface area contributed by atoms with Crippen LogP contribution in [0.1, 0.15) is 13.3 Å². The molecule has 1 aliphatic carbocycles. The molecule has 0 heterocycles. The van der Waals surface area contributed by atoms with Crippen molar-refractivity contribution in [1.29, 1.82) is 0 Å². The van der Waals surface area contributed by atoms with Gasteiger partial charge in [-0.25, -0.2) is 4.39 Å². The van der Waals surface area contributed by atoms with E-state index in [0.29, 0.717) is 13.0 Å². The first-order valence-corrected chi connectivity index (χ1v) is 3.90. The second-order valence-corrected chi connectivity index (χ2v) is 2.54. The van der Waals surface area contributed by atoms with E-state index in [1.807, 2.05) is 25.2 Å². The molecule has 0 aliphatic heterocycles. The maximum absolute atomic E-state index is 12.1. The van der Waals surface area contributed by atoms with Crippen LogP contribution in [-0.4, -0.2) is 19.4 Å². The van der Waals surface area contributed by atoms with Gasteiger partial charge in [0.15, 0.2) is 0 Å². The molecule has 0 radical (unpaired) electrons. The lowest BCUT2D eigenvalue weighted by Gasteiger charge is -2.16. The Bertz CT molecular complexity index is 172. The van der Waals surface area contributed by atoms with Crippen LogP contribution in [0.3, 0.4) is 0 Å². The molecule has 0 N–H and O–H groups in total. The zero-order valence-corrected chi connectivity index (χ0v) is 6.72. The lowest BCUT2D eigenvalue weighted by atomic mass is 10.0. The Morgan fingerprint density at radius 1 is 1.73 bits per heavy atom. The first kappa shape index (κ1) is 8.47. The van der Waals surface area contributed by atoms with Gasteiger partial charge < -0.3 is 4.74 Å². The largest absolute Gasteiger partial charge is 0.374 e. The highest BCUT2D eigenvalue weighted by Crippen LogP contribution is 2.15. The summed E-state index contributed by atoms with van der Waals surface area (Å²) < 4.78 is 17.5. The van der Waals surface area contributed by atoms with Crippen molar-refractivity contribution in [3.63, 3.8) is 0 Å². The van der Waals surface area contributed by atoms with Gasteiger partial charge >= 0.3 is 0 Å². The summed E-state index contributed by atoms with van der Waals surface area (Å²) >= 11 is 0. The minimum absolute atomic E-state index is 0.0933. The monoisotopic (exact) mass is 156 g/mol. The predicted molar refractivity (Wildman–Crippen MR) is 43.2 cm³/mol. The van der Waals surface area contributed by atoms with Crippen LogP contribution in [0.4, 0.5) is 4.39 Å². The molecule has 0 aromatic carbocycles. The van der Waals surface area contributed by atoms with Gasteiger partial charge in [0.1, 0.15) is 6.67 Å². The fourth-order valence-electron chi connectivity index (χ4n) is 1.14. The highest BCUT2D eigenvalue weighted by molar-refractivity contribution is 5.20. The van der Waals surface area contributed by atoms with Crippen molar-refractivity contribution in [3.05, 3.63) is 23.8 Å². The summed E-state index contributed by atoms with van der Waals surface area (Å²) in [6.45, 7) is 2.28. The highest BCUT2D eigenvalue weighted by atomic mass is 19.1. The summed E-state index contributed by atoms with van der Waals surface area (Å²) in [5.41, 5.74) is 0.825. The van der Waals surface area contributed by atoms with E-state index in [2.05, 4.69) is 0 Å². The average Bonchev–Trinajstić information content (AvgIpc) is 2.06. The maximum atomic E-state index is 12.1. The van der Waals surface area contributed by atoms with Crippen LogP contribution in [-0.2, 0) is 4.74 Å². The molecule has 0 saturated heterocycles. The van der Waals surface area contributed by atoms with Crippen LogP contribution >= 0.6 is 0 Å². The van der Waals surface area contributed by atoms with E-state index in [9.17, 15) is 4.39 Å². The molecule has 0 saturated carbocycles. The number of ether oxygens (including phenoxy) is 1. The Hall–Kier alpha value is -0.630. The van der Waals surface area contributed by atoms with Gasteiger partial charge in [-0.15, -0.1) is 0 Å². The lowest BCUT2D eigenvalue weighted by Crippen LogP contribution is -2.13. The van der Waals surface area contributed by atoms with Crippen LogP contribution < -0.4 is 0 Å².